The Morgan fingerprint density at radius 3 is 2.72 bits per heavy atom. The smallest absolute Gasteiger partial charge is 0.323 e. The maximum atomic E-state index is 11.3. The molecule has 0 saturated heterocycles. The molecule has 0 aliphatic heterocycles. The minimum atomic E-state index is -0.988. The topological polar surface area (TPSA) is 66.6 Å². The van der Waals surface area contributed by atoms with E-state index in [4.69, 9.17) is 5.73 Å². The van der Waals surface area contributed by atoms with Crippen LogP contribution in [0.15, 0.2) is 0 Å². The number of nitrogens with zero attached hydrogens (tertiary/aromatic N) is 1. The molecule has 104 valence electrons. The molecule has 4 heteroatoms. The molecule has 0 amide bonds. The van der Waals surface area contributed by atoms with Gasteiger partial charge in [-0.15, -0.1) is 0 Å². The van der Waals surface area contributed by atoms with Crippen LogP contribution in [0.25, 0.3) is 0 Å². The van der Waals surface area contributed by atoms with Gasteiger partial charge in [0.25, 0.3) is 0 Å². The van der Waals surface area contributed by atoms with Crippen LogP contribution in [-0.4, -0.2) is 40.6 Å². The highest BCUT2D eigenvalue weighted by atomic mass is 16.4. The Morgan fingerprint density at radius 1 is 1.44 bits per heavy atom. The Labute approximate surface area is 110 Å². The van der Waals surface area contributed by atoms with Crippen LogP contribution in [-0.2, 0) is 4.79 Å². The number of carbonyl (C=O) groups is 1. The third-order valence-electron chi connectivity index (χ3n) is 4.40. The van der Waals surface area contributed by atoms with Gasteiger partial charge in [-0.1, -0.05) is 6.92 Å². The minimum absolute atomic E-state index is 0.375. The molecule has 0 aromatic carbocycles. The summed E-state index contributed by atoms with van der Waals surface area (Å²) in [4.78, 5) is 13.8. The van der Waals surface area contributed by atoms with Crippen LogP contribution in [0, 0.1) is 5.92 Å². The molecule has 0 bridgehead atoms. The largest absolute Gasteiger partial charge is 0.480 e. The molecule has 3 N–H and O–H groups in total. The van der Waals surface area contributed by atoms with Gasteiger partial charge in [0.1, 0.15) is 5.54 Å². The van der Waals surface area contributed by atoms with Crippen molar-refractivity contribution in [3.63, 3.8) is 0 Å². The minimum Gasteiger partial charge on any atom is -0.480 e. The second kappa shape index (κ2) is 5.57. The second-order valence-electron chi connectivity index (χ2n) is 6.15. The number of hydrogen-bond donors (Lipinski definition) is 2. The van der Waals surface area contributed by atoms with Crippen molar-refractivity contribution < 1.29 is 9.90 Å². The lowest BCUT2D eigenvalue weighted by atomic mass is 9.79. The maximum Gasteiger partial charge on any atom is 0.323 e. The Bertz CT molecular complexity index is 304. The van der Waals surface area contributed by atoms with Crippen molar-refractivity contribution in [1.29, 1.82) is 0 Å². The van der Waals surface area contributed by atoms with E-state index in [9.17, 15) is 9.90 Å². The molecule has 2 rings (SSSR count). The maximum absolute atomic E-state index is 11.3. The second-order valence-corrected chi connectivity index (χ2v) is 6.15. The van der Waals surface area contributed by atoms with Crippen molar-refractivity contribution in [2.24, 2.45) is 11.7 Å². The van der Waals surface area contributed by atoms with E-state index in [2.05, 4.69) is 11.8 Å². The first-order chi connectivity index (χ1) is 8.55. The molecule has 2 atom stereocenters. The Kier molecular flexibility index (Phi) is 4.28. The van der Waals surface area contributed by atoms with E-state index >= 15 is 0 Å². The highest BCUT2D eigenvalue weighted by Gasteiger charge is 2.41. The van der Waals surface area contributed by atoms with Crippen molar-refractivity contribution in [1.82, 2.24) is 4.90 Å². The van der Waals surface area contributed by atoms with Crippen LogP contribution >= 0.6 is 0 Å². The third kappa shape index (κ3) is 3.23. The zero-order valence-electron chi connectivity index (χ0n) is 11.4. The molecule has 0 aromatic rings. The van der Waals surface area contributed by atoms with Gasteiger partial charge < -0.3 is 15.7 Å². The molecule has 2 saturated carbocycles. The molecule has 2 unspecified atom stereocenters. The van der Waals surface area contributed by atoms with Crippen LogP contribution in [0.2, 0.25) is 0 Å². The molecular formula is C14H26N2O2. The van der Waals surface area contributed by atoms with Crippen molar-refractivity contribution in [2.75, 3.05) is 13.1 Å². The van der Waals surface area contributed by atoms with E-state index in [0.29, 0.717) is 18.9 Å². The monoisotopic (exact) mass is 254 g/mol. The number of aliphatic carboxylic acids is 1. The zero-order chi connectivity index (χ0) is 13.2. The lowest BCUT2D eigenvalue weighted by Gasteiger charge is -2.40. The predicted octanol–water partition coefficient (Wildman–Crippen LogP) is 1.83. The van der Waals surface area contributed by atoms with Crippen molar-refractivity contribution in [2.45, 2.75) is 63.5 Å². The van der Waals surface area contributed by atoms with Crippen molar-refractivity contribution in [3.8, 4) is 0 Å². The normalized spacial score (nSPS) is 32.7. The number of nitrogens with two attached hydrogens (primary N) is 1. The van der Waals surface area contributed by atoms with Gasteiger partial charge in [0.2, 0.25) is 0 Å². The molecule has 0 spiro atoms. The van der Waals surface area contributed by atoms with Gasteiger partial charge in [0.15, 0.2) is 0 Å². The fraction of sp³-hybridized carbons (Fsp3) is 0.929. The van der Waals surface area contributed by atoms with E-state index in [0.717, 1.165) is 38.3 Å². The third-order valence-corrected chi connectivity index (χ3v) is 4.40. The molecule has 4 nitrogen and oxygen atoms in total. The molecule has 2 aliphatic carbocycles. The number of hydrogen-bond acceptors (Lipinski definition) is 3. The van der Waals surface area contributed by atoms with E-state index in [1.54, 1.807) is 0 Å². The lowest BCUT2D eigenvalue weighted by molar-refractivity contribution is -0.145. The summed E-state index contributed by atoms with van der Waals surface area (Å²) < 4.78 is 0. The van der Waals surface area contributed by atoms with E-state index < -0.39 is 11.5 Å². The van der Waals surface area contributed by atoms with E-state index in [-0.39, 0.29) is 0 Å². The zero-order valence-corrected chi connectivity index (χ0v) is 11.4. The highest BCUT2D eigenvalue weighted by Crippen LogP contribution is 2.34. The quantitative estimate of drug-likeness (QED) is 0.759. The summed E-state index contributed by atoms with van der Waals surface area (Å²) in [6.45, 7) is 4.42. The van der Waals surface area contributed by atoms with Crippen molar-refractivity contribution >= 4 is 5.97 Å². The summed E-state index contributed by atoms with van der Waals surface area (Å²) in [6.07, 6.45) is 7.13. The van der Waals surface area contributed by atoms with Crippen LogP contribution in [0.3, 0.4) is 0 Å². The SMILES string of the molecule is CCCN(CC1CC1)C1CCCC(N)(C(=O)O)C1. The first-order valence-corrected chi connectivity index (χ1v) is 7.31. The van der Waals surface area contributed by atoms with Gasteiger partial charge in [0.05, 0.1) is 0 Å². The predicted molar refractivity (Wildman–Crippen MR) is 71.4 cm³/mol. The summed E-state index contributed by atoms with van der Waals surface area (Å²) in [6, 6.07) is 0.375. The molecule has 2 fully saturated rings. The van der Waals surface area contributed by atoms with Gasteiger partial charge in [-0.3, -0.25) is 4.79 Å². The fourth-order valence-electron chi connectivity index (χ4n) is 3.13. The van der Waals surface area contributed by atoms with Gasteiger partial charge in [0, 0.05) is 12.6 Å². The molecule has 0 heterocycles. The van der Waals surface area contributed by atoms with E-state index in [1.807, 2.05) is 0 Å². The van der Waals surface area contributed by atoms with E-state index in [1.165, 1.54) is 12.8 Å². The van der Waals surface area contributed by atoms with Crippen LogP contribution in [0.1, 0.15) is 51.9 Å². The number of carboxylic acid groups (broad SMARTS) is 1. The van der Waals surface area contributed by atoms with Gasteiger partial charge in [-0.2, -0.15) is 0 Å². The summed E-state index contributed by atoms with van der Waals surface area (Å²) in [5, 5.41) is 9.28. The molecule has 2 aliphatic rings. The lowest BCUT2D eigenvalue weighted by Crippen LogP contribution is -2.56. The first kappa shape index (κ1) is 13.8. The van der Waals surface area contributed by atoms with Gasteiger partial charge >= 0.3 is 5.97 Å². The summed E-state index contributed by atoms with van der Waals surface area (Å²) >= 11 is 0. The Balaban J connectivity index is 1.97. The molecular weight excluding hydrogens is 228 g/mol. The Morgan fingerprint density at radius 2 is 2.17 bits per heavy atom. The summed E-state index contributed by atoms with van der Waals surface area (Å²) in [5.41, 5.74) is 5.06. The highest BCUT2D eigenvalue weighted by molar-refractivity contribution is 5.78. The van der Waals surface area contributed by atoms with Gasteiger partial charge in [-0.05, 0) is 57.4 Å². The summed E-state index contributed by atoms with van der Waals surface area (Å²) in [5.74, 6) is 0.0329. The van der Waals surface area contributed by atoms with Crippen LogP contribution in [0.5, 0.6) is 0 Å². The fourth-order valence-corrected chi connectivity index (χ4v) is 3.13. The molecule has 0 radical (unpaired) electrons. The molecule has 18 heavy (non-hydrogen) atoms. The standard InChI is InChI=1S/C14H26N2O2/c1-2-8-16(10-11-5-6-11)12-4-3-7-14(15,9-12)13(17)18/h11-12H,2-10,15H2,1H3,(H,17,18). The van der Waals surface area contributed by atoms with Crippen LogP contribution < -0.4 is 5.73 Å². The number of carboxylic acids is 1. The van der Waals surface area contributed by atoms with Crippen LogP contribution in [0.4, 0.5) is 0 Å². The Hall–Kier alpha value is -0.610. The molecule has 0 aromatic heterocycles. The summed E-state index contributed by atoms with van der Waals surface area (Å²) in [7, 11) is 0. The first-order valence-electron chi connectivity index (χ1n) is 7.31. The van der Waals surface area contributed by atoms with Crippen molar-refractivity contribution in [3.05, 3.63) is 0 Å². The average molecular weight is 254 g/mol. The van der Waals surface area contributed by atoms with Gasteiger partial charge in [-0.25, -0.2) is 0 Å². The number of rotatable bonds is 6. The average Bonchev–Trinajstić information content (AvgIpc) is 3.12.